The highest BCUT2D eigenvalue weighted by atomic mass is 19.1. The van der Waals surface area contributed by atoms with Crippen molar-refractivity contribution in [3.05, 3.63) is 53.8 Å². The summed E-state index contributed by atoms with van der Waals surface area (Å²) in [6.45, 7) is 2.08. The van der Waals surface area contributed by atoms with E-state index in [2.05, 4.69) is 5.32 Å². The summed E-state index contributed by atoms with van der Waals surface area (Å²) >= 11 is 0. The third kappa shape index (κ3) is 3.01. The first-order valence-corrected chi connectivity index (χ1v) is 7.17. The number of fused-ring (bicyclic) bond motifs is 1. The van der Waals surface area contributed by atoms with Crippen LogP contribution in [0.5, 0.6) is 5.75 Å². The molecule has 2 aromatic rings. The Morgan fingerprint density at radius 2 is 2.00 bits per heavy atom. The summed E-state index contributed by atoms with van der Waals surface area (Å²) in [6, 6.07) is 11.2. The predicted molar refractivity (Wildman–Crippen MR) is 84.3 cm³/mol. The molecule has 0 bridgehead atoms. The first-order chi connectivity index (χ1) is 11.1. The van der Waals surface area contributed by atoms with E-state index < -0.39 is 11.7 Å². The Kier molecular flexibility index (Phi) is 3.97. The molecule has 6 heteroatoms. The molecule has 3 rings (SSSR count). The molecule has 1 aliphatic heterocycles. The summed E-state index contributed by atoms with van der Waals surface area (Å²) in [6.07, 6.45) is 0. The number of carbonyl (C=O) groups excluding carboxylic acids is 2. The molecular formula is C17H15FN2O3. The van der Waals surface area contributed by atoms with Crippen LogP contribution in [0.15, 0.2) is 42.5 Å². The molecule has 0 saturated heterocycles. The van der Waals surface area contributed by atoms with E-state index in [9.17, 15) is 14.0 Å². The van der Waals surface area contributed by atoms with Gasteiger partial charge in [0.15, 0.2) is 0 Å². The lowest BCUT2D eigenvalue weighted by molar-refractivity contribution is -0.114. The van der Waals surface area contributed by atoms with Crippen molar-refractivity contribution in [2.45, 2.75) is 6.92 Å². The van der Waals surface area contributed by atoms with Crippen molar-refractivity contribution >= 4 is 23.2 Å². The molecule has 0 radical (unpaired) electrons. The first kappa shape index (κ1) is 15.0. The maximum Gasteiger partial charge on any atom is 0.258 e. The molecule has 0 unspecified atom stereocenters. The van der Waals surface area contributed by atoms with Crippen LogP contribution in [0.25, 0.3) is 0 Å². The van der Waals surface area contributed by atoms with Gasteiger partial charge in [0, 0.05) is 12.5 Å². The standard InChI is InChI=1S/C17H15FN2O3/c1-11(21)19-14-10-12(6-7-13(14)18)17(22)20-8-9-23-16-5-3-2-4-15(16)20/h2-7,10H,8-9H2,1H3,(H,19,21). The average molecular weight is 314 g/mol. The maximum atomic E-state index is 13.7. The van der Waals surface area contributed by atoms with Crippen molar-refractivity contribution < 1.29 is 18.7 Å². The van der Waals surface area contributed by atoms with Gasteiger partial charge in [0.1, 0.15) is 18.2 Å². The molecule has 0 atom stereocenters. The van der Waals surface area contributed by atoms with Gasteiger partial charge in [-0.3, -0.25) is 9.59 Å². The van der Waals surface area contributed by atoms with E-state index in [1.54, 1.807) is 17.0 Å². The second-order valence-electron chi connectivity index (χ2n) is 5.15. The molecule has 0 spiro atoms. The number of benzene rings is 2. The van der Waals surface area contributed by atoms with Gasteiger partial charge in [-0.1, -0.05) is 12.1 Å². The molecule has 118 valence electrons. The number of nitrogens with one attached hydrogen (secondary N) is 1. The van der Waals surface area contributed by atoms with E-state index in [0.29, 0.717) is 30.2 Å². The zero-order chi connectivity index (χ0) is 16.4. The molecule has 0 aliphatic carbocycles. The molecule has 2 aromatic carbocycles. The fraction of sp³-hybridized carbons (Fsp3) is 0.176. The highest BCUT2D eigenvalue weighted by Crippen LogP contribution is 2.32. The Morgan fingerprint density at radius 1 is 1.22 bits per heavy atom. The second-order valence-corrected chi connectivity index (χ2v) is 5.15. The zero-order valence-corrected chi connectivity index (χ0v) is 12.5. The Labute approximate surface area is 132 Å². The van der Waals surface area contributed by atoms with Crippen LogP contribution >= 0.6 is 0 Å². The van der Waals surface area contributed by atoms with E-state index in [0.717, 1.165) is 0 Å². The Morgan fingerprint density at radius 3 is 2.78 bits per heavy atom. The number of ether oxygens (including phenoxy) is 1. The summed E-state index contributed by atoms with van der Waals surface area (Å²) < 4.78 is 19.2. The molecule has 0 aromatic heterocycles. The van der Waals surface area contributed by atoms with Crippen LogP contribution in [0.4, 0.5) is 15.8 Å². The molecular weight excluding hydrogens is 299 g/mol. The molecule has 1 aliphatic rings. The molecule has 1 heterocycles. The molecule has 5 nitrogen and oxygen atoms in total. The van der Waals surface area contributed by atoms with Crippen LogP contribution in [0.3, 0.4) is 0 Å². The van der Waals surface area contributed by atoms with E-state index in [4.69, 9.17) is 4.74 Å². The minimum atomic E-state index is -0.584. The molecule has 2 amide bonds. The van der Waals surface area contributed by atoms with Crippen molar-refractivity contribution in [3.8, 4) is 5.75 Å². The van der Waals surface area contributed by atoms with Gasteiger partial charge in [0.25, 0.3) is 5.91 Å². The van der Waals surface area contributed by atoms with Gasteiger partial charge < -0.3 is 15.0 Å². The van der Waals surface area contributed by atoms with E-state index in [-0.39, 0.29) is 11.6 Å². The zero-order valence-electron chi connectivity index (χ0n) is 12.5. The fourth-order valence-corrected chi connectivity index (χ4v) is 2.48. The lowest BCUT2D eigenvalue weighted by Crippen LogP contribution is -2.38. The minimum Gasteiger partial charge on any atom is -0.490 e. The number of hydrogen-bond acceptors (Lipinski definition) is 3. The number of rotatable bonds is 2. The Hall–Kier alpha value is -2.89. The molecule has 0 fully saturated rings. The second kappa shape index (κ2) is 6.08. The summed E-state index contributed by atoms with van der Waals surface area (Å²) in [5.74, 6) is -0.618. The van der Waals surface area contributed by atoms with Gasteiger partial charge >= 0.3 is 0 Å². The maximum absolute atomic E-state index is 13.7. The van der Waals surface area contributed by atoms with Gasteiger partial charge in [0.2, 0.25) is 5.91 Å². The van der Waals surface area contributed by atoms with Crippen LogP contribution in [-0.2, 0) is 4.79 Å². The van der Waals surface area contributed by atoms with Gasteiger partial charge in [-0.15, -0.1) is 0 Å². The lowest BCUT2D eigenvalue weighted by Gasteiger charge is -2.29. The van der Waals surface area contributed by atoms with Crippen LogP contribution in [0.2, 0.25) is 0 Å². The van der Waals surface area contributed by atoms with Crippen LogP contribution in [-0.4, -0.2) is 25.0 Å². The highest BCUT2D eigenvalue weighted by molar-refractivity contribution is 6.08. The monoisotopic (exact) mass is 314 g/mol. The van der Waals surface area contributed by atoms with Gasteiger partial charge in [-0.05, 0) is 30.3 Å². The summed E-state index contributed by atoms with van der Waals surface area (Å²) in [5.41, 5.74) is 0.964. The number of hydrogen-bond donors (Lipinski definition) is 1. The molecule has 1 N–H and O–H groups in total. The number of para-hydroxylation sites is 2. The van der Waals surface area contributed by atoms with Crippen LogP contribution in [0, 0.1) is 5.82 Å². The average Bonchev–Trinajstić information content (AvgIpc) is 2.55. The van der Waals surface area contributed by atoms with Gasteiger partial charge in [-0.25, -0.2) is 4.39 Å². The Balaban J connectivity index is 1.94. The van der Waals surface area contributed by atoms with Crippen LogP contribution in [0.1, 0.15) is 17.3 Å². The smallest absolute Gasteiger partial charge is 0.258 e. The largest absolute Gasteiger partial charge is 0.490 e. The predicted octanol–water partition coefficient (Wildman–Crippen LogP) is 2.82. The number of amides is 2. The SMILES string of the molecule is CC(=O)Nc1cc(C(=O)N2CCOc3ccccc32)ccc1F. The lowest BCUT2D eigenvalue weighted by atomic mass is 10.1. The van der Waals surface area contributed by atoms with E-state index in [1.807, 2.05) is 12.1 Å². The van der Waals surface area contributed by atoms with E-state index >= 15 is 0 Å². The number of carbonyl (C=O) groups is 2. The highest BCUT2D eigenvalue weighted by Gasteiger charge is 2.25. The minimum absolute atomic E-state index is 0.00936. The van der Waals surface area contributed by atoms with Crippen LogP contribution < -0.4 is 15.0 Å². The summed E-state index contributed by atoms with van der Waals surface area (Å²) in [7, 11) is 0. The van der Waals surface area contributed by atoms with Crippen molar-refractivity contribution in [2.75, 3.05) is 23.4 Å². The third-order valence-corrected chi connectivity index (χ3v) is 3.50. The topological polar surface area (TPSA) is 58.6 Å². The van der Waals surface area contributed by atoms with Crippen molar-refractivity contribution in [1.82, 2.24) is 0 Å². The molecule has 23 heavy (non-hydrogen) atoms. The fourth-order valence-electron chi connectivity index (χ4n) is 2.48. The molecule has 0 saturated carbocycles. The normalized spacial score (nSPS) is 13.0. The summed E-state index contributed by atoms with van der Waals surface area (Å²) in [5, 5.41) is 2.38. The first-order valence-electron chi connectivity index (χ1n) is 7.17. The van der Waals surface area contributed by atoms with E-state index in [1.165, 1.54) is 25.1 Å². The van der Waals surface area contributed by atoms with Gasteiger partial charge in [-0.2, -0.15) is 0 Å². The van der Waals surface area contributed by atoms with Crippen molar-refractivity contribution in [2.24, 2.45) is 0 Å². The number of nitrogens with zero attached hydrogens (tertiary/aromatic N) is 1. The van der Waals surface area contributed by atoms with Gasteiger partial charge in [0.05, 0.1) is 17.9 Å². The Bertz CT molecular complexity index is 776. The van der Waals surface area contributed by atoms with Crippen molar-refractivity contribution in [3.63, 3.8) is 0 Å². The summed E-state index contributed by atoms with van der Waals surface area (Å²) in [4.78, 5) is 25.5. The third-order valence-electron chi connectivity index (χ3n) is 3.50. The number of anilines is 2. The number of halogens is 1. The van der Waals surface area contributed by atoms with Crippen molar-refractivity contribution in [1.29, 1.82) is 0 Å². The quantitative estimate of drug-likeness (QED) is 0.927.